The Morgan fingerprint density at radius 3 is 2.61 bits per heavy atom. The average Bonchev–Trinajstić information content (AvgIpc) is 2.86. The lowest BCUT2D eigenvalue weighted by Crippen LogP contribution is -2.15. The molecular formula is C25H20ClN5O4S. The van der Waals surface area contributed by atoms with Crippen molar-refractivity contribution in [1.29, 1.82) is 0 Å². The van der Waals surface area contributed by atoms with E-state index < -0.39 is 16.0 Å². The van der Waals surface area contributed by atoms with E-state index in [1.165, 1.54) is 24.4 Å². The van der Waals surface area contributed by atoms with Gasteiger partial charge in [0.05, 0.1) is 22.3 Å². The van der Waals surface area contributed by atoms with E-state index in [0.717, 1.165) is 22.9 Å². The maximum absolute atomic E-state index is 13.1. The number of aromatic carboxylic acids is 1. The van der Waals surface area contributed by atoms with Crippen molar-refractivity contribution in [2.75, 3.05) is 15.4 Å². The summed E-state index contributed by atoms with van der Waals surface area (Å²) in [7, 11) is -4.04. The Morgan fingerprint density at radius 1 is 0.972 bits per heavy atom. The van der Waals surface area contributed by atoms with Gasteiger partial charge in [0.2, 0.25) is 5.95 Å². The fourth-order valence-corrected chi connectivity index (χ4v) is 5.13. The molecule has 4 aromatic rings. The number of halogens is 1. The molecule has 182 valence electrons. The number of nitrogens with one attached hydrogen (secondary N) is 3. The van der Waals surface area contributed by atoms with Gasteiger partial charge in [-0.1, -0.05) is 29.8 Å². The van der Waals surface area contributed by atoms with Crippen LogP contribution in [0.2, 0.25) is 5.02 Å². The molecule has 1 aromatic heterocycles. The first kappa shape index (κ1) is 23.6. The van der Waals surface area contributed by atoms with Crippen LogP contribution in [-0.2, 0) is 22.9 Å². The van der Waals surface area contributed by atoms with Gasteiger partial charge in [0, 0.05) is 11.4 Å². The van der Waals surface area contributed by atoms with Crippen LogP contribution in [-0.4, -0.2) is 29.5 Å². The van der Waals surface area contributed by atoms with E-state index in [-0.39, 0.29) is 10.5 Å². The van der Waals surface area contributed by atoms with Crippen LogP contribution in [0.1, 0.15) is 21.5 Å². The van der Waals surface area contributed by atoms with E-state index in [4.69, 9.17) is 11.6 Å². The molecule has 0 saturated heterocycles. The Morgan fingerprint density at radius 2 is 1.78 bits per heavy atom. The molecule has 11 heteroatoms. The average molecular weight is 522 g/mol. The van der Waals surface area contributed by atoms with Crippen molar-refractivity contribution in [3.63, 3.8) is 0 Å². The second kappa shape index (κ2) is 9.48. The monoisotopic (exact) mass is 521 g/mol. The number of aromatic nitrogens is 2. The molecule has 0 amide bonds. The van der Waals surface area contributed by atoms with Gasteiger partial charge in [0.15, 0.2) is 5.82 Å². The lowest BCUT2D eigenvalue weighted by Gasteiger charge is -2.16. The van der Waals surface area contributed by atoms with E-state index in [1.54, 1.807) is 12.1 Å². The topological polar surface area (TPSA) is 133 Å². The number of sulfonamides is 1. The highest BCUT2D eigenvalue weighted by Crippen LogP contribution is 2.30. The third-order valence-corrected chi connectivity index (χ3v) is 7.25. The highest BCUT2D eigenvalue weighted by Gasteiger charge is 2.19. The van der Waals surface area contributed by atoms with Crippen LogP contribution in [0.4, 0.5) is 28.8 Å². The van der Waals surface area contributed by atoms with Gasteiger partial charge in [-0.2, -0.15) is 4.98 Å². The van der Waals surface area contributed by atoms with E-state index in [2.05, 4.69) is 25.3 Å². The van der Waals surface area contributed by atoms with Crippen LogP contribution in [0.25, 0.3) is 0 Å². The first-order valence-corrected chi connectivity index (χ1v) is 12.8. The number of carboxylic acids is 1. The molecule has 5 rings (SSSR count). The number of benzene rings is 3. The molecule has 0 aliphatic carbocycles. The van der Waals surface area contributed by atoms with Gasteiger partial charge in [0.25, 0.3) is 10.0 Å². The van der Waals surface area contributed by atoms with Crippen molar-refractivity contribution in [2.24, 2.45) is 0 Å². The lowest BCUT2D eigenvalue weighted by atomic mass is 10.0. The van der Waals surface area contributed by atoms with Crippen molar-refractivity contribution < 1.29 is 18.3 Å². The predicted molar refractivity (Wildman–Crippen MR) is 138 cm³/mol. The summed E-state index contributed by atoms with van der Waals surface area (Å²) in [5.41, 5.74) is 3.53. The molecule has 6 bridgehead atoms. The molecule has 9 nitrogen and oxygen atoms in total. The molecule has 0 atom stereocenters. The van der Waals surface area contributed by atoms with Crippen molar-refractivity contribution in [1.82, 2.24) is 9.97 Å². The molecule has 2 heterocycles. The lowest BCUT2D eigenvalue weighted by molar-refractivity contribution is 0.0696. The largest absolute Gasteiger partial charge is 0.478 e. The van der Waals surface area contributed by atoms with Crippen LogP contribution < -0.4 is 15.4 Å². The van der Waals surface area contributed by atoms with Gasteiger partial charge in [0.1, 0.15) is 5.02 Å². The minimum atomic E-state index is -4.04. The number of hydrogen-bond donors (Lipinski definition) is 4. The Balaban J connectivity index is 1.54. The smallest absolute Gasteiger partial charge is 0.335 e. The summed E-state index contributed by atoms with van der Waals surface area (Å²) in [5.74, 6) is -0.426. The normalized spacial score (nSPS) is 12.7. The first-order valence-electron chi connectivity index (χ1n) is 10.9. The second-order valence-corrected chi connectivity index (χ2v) is 10.2. The first-order chi connectivity index (χ1) is 17.3. The summed E-state index contributed by atoms with van der Waals surface area (Å²) in [5, 5.41) is 15.9. The second-order valence-electron chi connectivity index (χ2n) is 8.15. The summed E-state index contributed by atoms with van der Waals surface area (Å²) < 4.78 is 28.8. The number of rotatable bonds is 4. The third kappa shape index (κ3) is 5.09. The molecule has 3 aromatic carbocycles. The van der Waals surface area contributed by atoms with Crippen LogP contribution in [0.5, 0.6) is 0 Å². The van der Waals surface area contributed by atoms with Crippen molar-refractivity contribution >= 4 is 56.4 Å². The number of anilines is 5. The number of fused-ring (bicyclic) bond motifs is 6. The number of carbonyl (C=O) groups is 1. The van der Waals surface area contributed by atoms with Crippen molar-refractivity contribution in [2.45, 2.75) is 17.7 Å². The maximum atomic E-state index is 13.1. The summed E-state index contributed by atoms with van der Waals surface area (Å²) in [6, 6.07) is 18.2. The molecule has 0 radical (unpaired) electrons. The minimum Gasteiger partial charge on any atom is -0.478 e. The van der Waals surface area contributed by atoms with E-state index >= 15 is 0 Å². The zero-order valence-electron chi connectivity index (χ0n) is 18.7. The van der Waals surface area contributed by atoms with Crippen LogP contribution >= 0.6 is 11.6 Å². The number of hydrogen-bond acceptors (Lipinski definition) is 7. The van der Waals surface area contributed by atoms with Gasteiger partial charge in [-0.15, -0.1) is 0 Å². The van der Waals surface area contributed by atoms with Gasteiger partial charge in [-0.3, -0.25) is 4.72 Å². The van der Waals surface area contributed by atoms with Crippen molar-refractivity contribution in [3.8, 4) is 0 Å². The summed E-state index contributed by atoms with van der Waals surface area (Å²) >= 11 is 6.31. The molecule has 0 saturated carbocycles. The molecule has 4 N–H and O–H groups in total. The summed E-state index contributed by atoms with van der Waals surface area (Å²) in [6.45, 7) is 0. The number of aryl methyl sites for hydroxylation is 2. The molecule has 0 fully saturated rings. The fraction of sp³-hybridized carbons (Fsp3) is 0.0800. The van der Waals surface area contributed by atoms with E-state index in [1.807, 2.05) is 30.3 Å². The number of nitrogens with zero attached hydrogens (tertiary/aromatic N) is 2. The Bertz CT molecular complexity index is 1590. The van der Waals surface area contributed by atoms with Gasteiger partial charge in [-0.05, 0) is 72.5 Å². The maximum Gasteiger partial charge on any atom is 0.335 e. The van der Waals surface area contributed by atoms with E-state index in [0.29, 0.717) is 41.0 Å². The summed E-state index contributed by atoms with van der Waals surface area (Å²) in [4.78, 5) is 19.9. The number of carboxylic acid groups (broad SMARTS) is 1. The minimum absolute atomic E-state index is 0.113. The molecular weight excluding hydrogens is 502 g/mol. The van der Waals surface area contributed by atoms with E-state index in [9.17, 15) is 18.3 Å². The molecule has 1 aliphatic heterocycles. The molecule has 0 unspecified atom stereocenters. The fourth-order valence-electron chi connectivity index (χ4n) is 3.84. The molecule has 1 aliphatic rings. The van der Waals surface area contributed by atoms with Crippen LogP contribution in [0.15, 0.2) is 77.8 Å². The quantitative estimate of drug-likeness (QED) is 0.287. The standard InChI is InChI=1S/C25H20ClN5O4S/c26-21-14-27-25-29-18-5-1-3-15(11-18)7-8-16-12-19(28-23(21)30-25)9-10-22(16)31-36(34,35)20-6-2-4-17(13-20)24(32)33/h1-6,9-14,31H,7-8H2,(H,32,33)(H2,27,28,29,30). The van der Waals surface area contributed by atoms with Crippen molar-refractivity contribution in [3.05, 3.63) is 94.6 Å². The van der Waals surface area contributed by atoms with Gasteiger partial charge < -0.3 is 15.7 Å². The molecule has 36 heavy (non-hydrogen) atoms. The predicted octanol–water partition coefficient (Wildman–Crippen LogP) is 5.21. The van der Waals surface area contributed by atoms with Crippen LogP contribution in [0.3, 0.4) is 0 Å². The summed E-state index contributed by atoms with van der Waals surface area (Å²) in [6.07, 6.45) is 2.67. The highest BCUT2D eigenvalue weighted by atomic mass is 35.5. The van der Waals surface area contributed by atoms with Crippen LogP contribution in [0, 0.1) is 0 Å². The SMILES string of the molecule is O=C(O)c1cccc(S(=O)(=O)Nc2ccc3cc2CCc2cccc(c2)Nc2ncc(Cl)c(n2)N3)c1. The Hall–Kier alpha value is -4.15. The van der Waals surface area contributed by atoms with Gasteiger partial charge >= 0.3 is 5.97 Å². The molecule has 0 spiro atoms. The Labute approximate surface area is 212 Å². The zero-order chi connectivity index (χ0) is 25.3. The third-order valence-electron chi connectivity index (χ3n) is 5.61. The zero-order valence-corrected chi connectivity index (χ0v) is 20.3. The van der Waals surface area contributed by atoms with Gasteiger partial charge in [-0.25, -0.2) is 18.2 Å². The Kier molecular flexibility index (Phi) is 6.21. The highest BCUT2D eigenvalue weighted by molar-refractivity contribution is 7.92.